The number of halogens is 2. The Balaban J connectivity index is 1.63. The van der Waals surface area contributed by atoms with E-state index < -0.39 is 5.60 Å². The minimum Gasteiger partial charge on any atom is -0.386 e. The molecule has 0 amide bonds. The Kier molecular flexibility index (Phi) is 4.60. The summed E-state index contributed by atoms with van der Waals surface area (Å²) in [5.74, 6) is 0.805. The Labute approximate surface area is 168 Å². The highest BCUT2D eigenvalue weighted by atomic mass is 35.5. The standard InChI is InChI=1S/C21H19Cl2N3O/c1-21(2,27)15-4-3-5-17(12-15)25-11-10-18-24-19(20(23)26(18)13-25)14-6-8-16(22)9-7-14/h3-12,27H,13H2,1-2H3/q+1. The fraction of sp³-hybridized carbons (Fsp3) is 0.190. The molecular weight excluding hydrogens is 381 g/mol. The van der Waals surface area contributed by atoms with Gasteiger partial charge in [0.2, 0.25) is 6.67 Å². The minimum atomic E-state index is -0.894. The lowest BCUT2D eigenvalue weighted by molar-refractivity contribution is 0.0786. The molecule has 0 spiro atoms. The second-order valence-corrected chi connectivity index (χ2v) is 7.88. The quantitative estimate of drug-likeness (QED) is 0.584. The fourth-order valence-corrected chi connectivity index (χ4v) is 3.51. The molecule has 0 aliphatic carbocycles. The SMILES string of the molecule is CC(C)(O)c1cccc(N2C=CC3=NC(c4ccc(Cl)cc4)=C(Cl)[N+]3C2)c1. The minimum absolute atomic E-state index is 0.542. The van der Waals surface area contributed by atoms with Gasteiger partial charge >= 0.3 is 0 Å². The highest BCUT2D eigenvalue weighted by Gasteiger charge is 2.40. The van der Waals surface area contributed by atoms with Crippen molar-refractivity contribution in [1.29, 1.82) is 0 Å². The maximum absolute atomic E-state index is 10.3. The van der Waals surface area contributed by atoms with Gasteiger partial charge < -0.3 is 5.11 Å². The number of nitrogens with zero attached hydrogens (tertiary/aromatic N) is 3. The van der Waals surface area contributed by atoms with Crippen LogP contribution in [0.2, 0.25) is 5.02 Å². The van der Waals surface area contributed by atoms with Crippen LogP contribution in [0.1, 0.15) is 25.0 Å². The van der Waals surface area contributed by atoms with E-state index in [1.54, 1.807) is 13.8 Å². The van der Waals surface area contributed by atoms with Crippen LogP contribution in [0, 0.1) is 0 Å². The maximum Gasteiger partial charge on any atom is 0.286 e. The molecule has 0 saturated heterocycles. The number of amidine groups is 1. The predicted molar refractivity (Wildman–Crippen MR) is 112 cm³/mol. The Morgan fingerprint density at radius 1 is 1.11 bits per heavy atom. The summed E-state index contributed by atoms with van der Waals surface area (Å²) in [6, 6.07) is 15.3. The first-order chi connectivity index (χ1) is 12.8. The molecule has 0 aromatic heterocycles. The molecule has 2 heterocycles. The number of benzene rings is 2. The molecule has 2 aromatic rings. The summed E-state index contributed by atoms with van der Waals surface area (Å²) < 4.78 is 0. The molecule has 4 nitrogen and oxygen atoms in total. The molecule has 137 valence electrons. The monoisotopic (exact) mass is 399 g/mol. The number of fused-ring (bicyclic) bond motifs is 1. The van der Waals surface area contributed by atoms with Gasteiger partial charge in [0.15, 0.2) is 5.70 Å². The van der Waals surface area contributed by atoms with Crippen LogP contribution in [-0.2, 0) is 5.60 Å². The largest absolute Gasteiger partial charge is 0.386 e. The van der Waals surface area contributed by atoms with E-state index in [-0.39, 0.29) is 0 Å². The smallest absolute Gasteiger partial charge is 0.286 e. The molecule has 2 aliphatic heterocycles. The molecule has 2 aromatic carbocycles. The molecule has 27 heavy (non-hydrogen) atoms. The van der Waals surface area contributed by atoms with Gasteiger partial charge in [0.25, 0.3) is 11.0 Å². The Hall–Kier alpha value is -2.11. The first-order valence-corrected chi connectivity index (χ1v) is 9.38. The molecule has 0 unspecified atom stereocenters. The van der Waals surface area contributed by atoms with Crippen molar-refractivity contribution in [1.82, 2.24) is 4.90 Å². The van der Waals surface area contributed by atoms with E-state index in [0.29, 0.717) is 16.8 Å². The zero-order valence-electron chi connectivity index (χ0n) is 15.0. The third kappa shape index (κ3) is 3.54. The van der Waals surface area contributed by atoms with Crippen LogP contribution in [0.4, 0.5) is 5.69 Å². The molecule has 0 bridgehead atoms. The predicted octanol–water partition coefficient (Wildman–Crippen LogP) is 4.98. The van der Waals surface area contributed by atoms with Crippen molar-refractivity contribution in [2.45, 2.75) is 19.4 Å². The van der Waals surface area contributed by atoms with Gasteiger partial charge in [-0.25, -0.2) is 0 Å². The summed E-state index contributed by atoms with van der Waals surface area (Å²) in [6.45, 7) is 4.10. The van der Waals surface area contributed by atoms with E-state index in [4.69, 9.17) is 23.2 Å². The lowest BCUT2D eigenvalue weighted by Crippen LogP contribution is -2.43. The molecule has 0 saturated carbocycles. The van der Waals surface area contributed by atoms with Crippen LogP contribution in [0.15, 0.2) is 71.0 Å². The Morgan fingerprint density at radius 2 is 1.85 bits per heavy atom. The number of anilines is 1. The summed E-state index contributed by atoms with van der Waals surface area (Å²) in [6.07, 6.45) is 3.92. The highest BCUT2D eigenvalue weighted by Crippen LogP contribution is 2.34. The van der Waals surface area contributed by atoms with Crippen LogP contribution in [0.25, 0.3) is 5.70 Å². The van der Waals surface area contributed by atoms with E-state index in [1.807, 2.05) is 65.7 Å². The summed E-state index contributed by atoms with van der Waals surface area (Å²) in [5, 5.41) is 11.5. The summed E-state index contributed by atoms with van der Waals surface area (Å²) >= 11 is 12.6. The summed E-state index contributed by atoms with van der Waals surface area (Å²) in [4.78, 5) is 8.70. The lowest BCUT2D eigenvalue weighted by Gasteiger charge is -2.25. The van der Waals surface area contributed by atoms with Gasteiger partial charge in [-0.05, 0) is 60.2 Å². The lowest BCUT2D eigenvalue weighted by atomic mass is 9.98. The maximum atomic E-state index is 10.3. The highest BCUT2D eigenvalue weighted by molar-refractivity contribution is 6.36. The number of rotatable bonds is 3. The average molecular weight is 400 g/mol. The summed E-state index contributed by atoms with van der Waals surface area (Å²) in [7, 11) is 0. The molecule has 1 N–H and O–H groups in total. The van der Waals surface area contributed by atoms with Crippen LogP contribution >= 0.6 is 23.2 Å². The second kappa shape index (κ2) is 6.80. The van der Waals surface area contributed by atoms with Gasteiger partial charge in [-0.1, -0.05) is 35.9 Å². The number of hydrogen-bond donors (Lipinski definition) is 1. The Morgan fingerprint density at radius 3 is 2.56 bits per heavy atom. The van der Waals surface area contributed by atoms with E-state index >= 15 is 0 Å². The molecular formula is C21H19Cl2N3O+. The third-order valence-electron chi connectivity index (χ3n) is 4.63. The molecule has 2 aliphatic rings. The van der Waals surface area contributed by atoms with Gasteiger partial charge in [-0.15, -0.1) is 0 Å². The normalized spacial score (nSPS) is 17.4. The van der Waals surface area contributed by atoms with Crippen LogP contribution < -0.4 is 9.80 Å². The van der Waals surface area contributed by atoms with Gasteiger partial charge in [-0.2, -0.15) is 4.99 Å². The first-order valence-electron chi connectivity index (χ1n) is 8.63. The van der Waals surface area contributed by atoms with E-state index in [2.05, 4.69) is 9.89 Å². The number of aliphatic imine (C=N–C) groups is 1. The molecule has 4 rings (SSSR count). The zero-order chi connectivity index (χ0) is 19.2. The van der Waals surface area contributed by atoms with Crippen molar-refractivity contribution in [3.05, 3.63) is 82.1 Å². The van der Waals surface area contributed by atoms with E-state index in [9.17, 15) is 5.11 Å². The van der Waals surface area contributed by atoms with Gasteiger partial charge in [0, 0.05) is 28.5 Å². The summed E-state index contributed by atoms with van der Waals surface area (Å²) in [5.41, 5.74) is 2.61. The van der Waals surface area contributed by atoms with Crippen molar-refractivity contribution in [3.8, 4) is 0 Å². The Bertz CT molecular complexity index is 972. The average Bonchev–Trinajstić information content (AvgIpc) is 2.98. The molecule has 1 radical (unpaired) electrons. The van der Waals surface area contributed by atoms with Crippen molar-refractivity contribution in [2.24, 2.45) is 4.99 Å². The fourth-order valence-electron chi connectivity index (χ4n) is 3.09. The van der Waals surface area contributed by atoms with Crippen LogP contribution in [0.5, 0.6) is 0 Å². The second-order valence-electron chi connectivity index (χ2n) is 7.08. The third-order valence-corrected chi connectivity index (χ3v) is 5.27. The zero-order valence-corrected chi connectivity index (χ0v) is 16.5. The van der Waals surface area contributed by atoms with Crippen LogP contribution in [-0.4, -0.2) is 17.6 Å². The van der Waals surface area contributed by atoms with Crippen molar-refractivity contribution in [2.75, 3.05) is 11.6 Å². The molecule has 6 heteroatoms. The first kappa shape index (κ1) is 18.3. The van der Waals surface area contributed by atoms with Gasteiger partial charge in [0.1, 0.15) is 0 Å². The van der Waals surface area contributed by atoms with Crippen molar-refractivity contribution < 1.29 is 5.11 Å². The van der Waals surface area contributed by atoms with Gasteiger partial charge in [-0.3, -0.25) is 4.90 Å². The molecule has 0 atom stereocenters. The number of aliphatic hydroxyl groups is 1. The van der Waals surface area contributed by atoms with E-state index in [1.165, 1.54) is 0 Å². The van der Waals surface area contributed by atoms with Crippen LogP contribution in [0.3, 0.4) is 0 Å². The number of hydrogen-bond acceptors (Lipinski definition) is 4. The van der Waals surface area contributed by atoms with E-state index in [0.717, 1.165) is 28.3 Å². The van der Waals surface area contributed by atoms with Crippen molar-refractivity contribution >= 4 is 40.4 Å². The van der Waals surface area contributed by atoms with Gasteiger partial charge in [0.05, 0.1) is 5.60 Å². The van der Waals surface area contributed by atoms with Crippen molar-refractivity contribution in [3.63, 3.8) is 0 Å². The molecule has 0 fully saturated rings. The topological polar surface area (TPSA) is 41.7 Å².